The molecule has 1 aromatic rings. The quantitative estimate of drug-likeness (QED) is 0.665. The van der Waals surface area contributed by atoms with Crippen LogP contribution in [-0.4, -0.2) is 42.2 Å². The van der Waals surface area contributed by atoms with Gasteiger partial charge < -0.3 is 24.8 Å². The molecule has 1 amide bonds. The van der Waals surface area contributed by atoms with Crippen LogP contribution in [-0.2, 0) is 11.2 Å². The van der Waals surface area contributed by atoms with E-state index in [1.165, 1.54) is 20.1 Å². The van der Waals surface area contributed by atoms with Gasteiger partial charge in [0, 0.05) is 6.92 Å². The molecule has 7 nitrogen and oxygen atoms in total. The maximum Gasteiger partial charge on any atom is 0.547 e. The van der Waals surface area contributed by atoms with Crippen LogP contribution >= 0.6 is 0 Å². The van der Waals surface area contributed by atoms with Gasteiger partial charge in [-0.1, -0.05) is 6.07 Å². The number of carbonyl (C=O) groups excluding carboxylic acids is 1. The molecule has 1 aliphatic rings. The van der Waals surface area contributed by atoms with Gasteiger partial charge in [-0.3, -0.25) is 4.79 Å². The van der Waals surface area contributed by atoms with E-state index in [9.17, 15) is 19.7 Å². The molecule has 1 aliphatic heterocycles. The summed E-state index contributed by atoms with van der Waals surface area (Å²) in [6, 6.07) is 3.18. The summed E-state index contributed by atoms with van der Waals surface area (Å²) >= 11 is 0. The number of fused-ring (bicyclic) bond motifs is 1. The Morgan fingerprint density at radius 1 is 1.50 bits per heavy atom. The first kappa shape index (κ1) is 14.2. The second-order valence-electron chi connectivity index (χ2n) is 4.46. The number of hydrogen-bond acceptors (Lipinski definition) is 5. The molecule has 0 spiro atoms. The lowest BCUT2D eigenvalue weighted by Crippen LogP contribution is -2.52. The summed E-state index contributed by atoms with van der Waals surface area (Å²) < 4.78 is 10.2. The molecule has 20 heavy (non-hydrogen) atoms. The van der Waals surface area contributed by atoms with Crippen LogP contribution < -0.4 is 14.7 Å². The van der Waals surface area contributed by atoms with Crippen molar-refractivity contribution in [3.05, 3.63) is 23.3 Å². The van der Waals surface area contributed by atoms with Gasteiger partial charge in [0.25, 0.3) is 0 Å². The normalized spacial score (nSPS) is 16.9. The molecule has 0 radical (unpaired) electrons. The van der Waals surface area contributed by atoms with Crippen molar-refractivity contribution in [1.82, 2.24) is 5.32 Å². The second kappa shape index (κ2) is 5.42. The van der Waals surface area contributed by atoms with Gasteiger partial charge >= 0.3 is 13.1 Å². The Bertz CT molecular complexity index is 561. The lowest BCUT2D eigenvalue weighted by Gasteiger charge is -2.29. The highest BCUT2D eigenvalue weighted by molar-refractivity contribution is 6.47. The number of carboxylic acid groups (broad SMARTS) is 1. The minimum Gasteiger partial charge on any atom is -0.534 e. The Morgan fingerprint density at radius 3 is 2.75 bits per heavy atom. The van der Waals surface area contributed by atoms with Crippen LogP contribution in [0, 0.1) is 0 Å². The minimum atomic E-state index is -1.31. The fourth-order valence-electron chi connectivity index (χ4n) is 2.20. The van der Waals surface area contributed by atoms with Crippen LogP contribution in [0.1, 0.15) is 22.8 Å². The van der Waals surface area contributed by atoms with Gasteiger partial charge in [-0.2, -0.15) is 0 Å². The molecule has 1 heterocycles. The number of carbonyl (C=O) groups is 2. The number of ether oxygens (including phenoxy) is 1. The molecule has 0 bridgehead atoms. The Balaban J connectivity index is 2.42. The molecule has 1 aromatic carbocycles. The summed E-state index contributed by atoms with van der Waals surface area (Å²) in [6.45, 7) is 1.33. The lowest BCUT2D eigenvalue weighted by atomic mass is 9.72. The molecule has 0 saturated heterocycles. The van der Waals surface area contributed by atoms with E-state index < -0.39 is 19.0 Å². The highest BCUT2D eigenvalue weighted by atomic mass is 16.5. The summed E-state index contributed by atoms with van der Waals surface area (Å²) in [4.78, 5) is 22.4. The molecule has 0 fully saturated rings. The number of amides is 1. The van der Waals surface area contributed by atoms with Crippen LogP contribution in [0.25, 0.3) is 0 Å². The number of benzene rings is 1. The monoisotopic (exact) mass is 279 g/mol. The standard InChI is InChI=1S/C12H14BNO6/c1-6(15)14-9-5-7-3-4-8(19-2)10(12(16)17)11(7)20-13(9)18/h3-4,9,18H,5H2,1-2H3,(H,14,15)(H,16,17)/t9-/m0/s1. The summed E-state index contributed by atoms with van der Waals surface area (Å²) in [7, 11) is 0.0460. The number of hydrogen-bond donors (Lipinski definition) is 3. The zero-order valence-electron chi connectivity index (χ0n) is 11.0. The molecule has 8 heteroatoms. The number of nitrogens with one attached hydrogen (secondary N) is 1. The summed E-state index contributed by atoms with van der Waals surface area (Å²) in [5.41, 5.74) is 0.456. The Labute approximate surface area is 115 Å². The van der Waals surface area contributed by atoms with Gasteiger partial charge in [-0.25, -0.2) is 4.79 Å². The van der Waals surface area contributed by atoms with Gasteiger partial charge in [0.15, 0.2) is 0 Å². The summed E-state index contributed by atoms with van der Waals surface area (Å²) in [5.74, 6) is -1.89. The van der Waals surface area contributed by atoms with E-state index in [1.807, 2.05) is 0 Å². The van der Waals surface area contributed by atoms with Gasteiger partial charge in [-0.05, 0) is 18.1 Å². The third kappa shape index (κ3) is 2.55. The van der Waals surface area contributed by atoms with Gasteiger partial charge in [0.05, 0.1) is 13.1 Å². The largest absolute Gasteiger partial charge is 0.547 e. The molecule has 1 atom stereocenters. The van der Waals surface area contributed by atoms with E-state index >= 15 is 0 Å². The predicted molar refractivity (Wildman–Crippen MR) is 69.9 cm³/mol. The van der Waals surface area contributed by atoms with Crippen molar-refractivity contribution < 1.29 is 29.1 Å². The first-order valence-corrected chi connectivity index (χ1v) is 5.99. The lowest BCUT2D eigenvalue weighted by molar-refractivity contribution is -0.119. The van der Waals surface area contributed by atoms with Gasteiger partial charge in [0.1, 0.15) is 17.1 Å². The van der Waals surface area contributed by atoms with Crippen molar-refractivity contribution in [3.63, 3.8) is 0 Å². The van der Waals surface area contributed by atoms with Crippen LogP contribution in [0.15, 0.2) is 12.1 Å². The van der Waals surface area contributed by atoms with E-state index in [-0.39, 0.29) is 29.4 Å². The average Bonchev–Trinajstić information content (AvgIpc) is 2.37. The molecular formula is C12H14BNO6. The molecule has 3 N–H and O–H groups in total. The second-order valence-corrected chi connectivity index (χ2v) is 4.46. The van der Waals surface area contributed by atoms with Crippen LogP contribution in [0.4, 0.5) is 0 Å². The third-order valence-electron chi connectivity index (χ3n) is 3.05. The van der Waals surface area contributed by atoms with Crippen LogP contribution in [0.2, 0.25) is 0 Å². The van der Waals surface area contributed by atoms with Crippen molar-refractivity contribution in [2.75, 3.05) is 7.11 Å². The fraction of sp³-hybridized carbons (Fsp3) is 0.333. The van der Waals surface area contributed by atoms with Crippen molar-refractivity contribution >= 4 is 19.0 Å². The van der Waals surface area contributed by atoms with Crippen molar-refractivity contribution in [2.24, 2.45) is 0 Å². The highest BCUT2D eigenvalue weighted by Crippen LogP contribution is 2.36. The maximum atomic E-state index is 11.3. The highest BCUT2D eigenvalue weighted by Gasteiger charge is 2.38. The molecule has 0 aromatic heterocycles. The molecular weight excluding hydrogens is 265 g/mol. The Kier molecular flexibility index (Phi) is 3.85. The third-order valence-corrected chi connectivity index (χ3v) is 3.05. The van der Waals surface area contributed by atoms with Crippen molar-refractivity contribution in [3.8, 4) is 11.5 Å². The van der Waals surface area contributed by atoms with E-state index in [0.717, 1.165) is 0 Å². The number of methoxy groups -OCH3 is 1. The first-order chi connectivity index (χ1) is 9.43. The van der Waals surface area contributed by atoms with Crippen molar-refractivity contribution in [1.29, 1.82) is 0 Å². The minimum absolute atomic E-state index is 0.0750. The Hall–Kier alpha value is -2.22. The molecule has 2 rings (SSSR count). The first-order valence-electron chi connectivity index (χ1n) is 5.99. The fourth-order valence-corrected chi connectivity index (χ4v) is 2.20. The van der Waals surface area contributed by atoms with E-state index in [2.05, 4.69) is 5.32 Å². The molecule has 106 valence electrons. The summed E-state index contributed by atoms with van der Waals surface area (Å²) in [5, 5.41) is 21.7. The summed E-state index contributed by atoms with van der Waals surface area (Å²) in [6.07, 6.45) is 0.278. The van der Waals surface area contributed by atoms with Crippen molar-refractivity contribution in [2.45, 2.75) is 19.3 Å². The number of rotatable bonds is 3. The smallest absolute Gasteiger partial charge is 0.534 e. The van der Waals surface area contributed by atoms with Gasteiger partial charge in [-0.15, -0.1) is 0 Å². The molecule has 0 aliphatic carbocycles. The zero-order chi connectivity index (χ0) is 14.9. The SMILES string of the molecule is COc1ccc2c(c1C(=O)O)OB(O)[C@@H](NC(C)=O)C2. The van der Waals surface area contributed by atoms with Crippen LogP contribution in [0.3, 0.4) is 0 Å². The zero-order valence-corrected chi connectivity index (χ0v) is 11.0. The molecule has 0 unspecified atom stereocenters. The topological polar surface area (TPSA) is 105 Å². The van der Waals surface area contributed by atoms with E-state index in [0.29, 0.717) is 5.56 Å². The van der Waals surface area contributed by atoms with E-state index in [4.69, 9.17) is 9.39 Å². The van der Waals surface area contributed by atoms with Gasteiger partial charge in [0.2, 0.25) is 5.91 Å². The van der Waals surface area contributed by atoms with Crippen LogP contribution in [0.5, 0.6) is 11.5 Å². The number of carboxylic acids is 1. The molecule has 0 saturated carbocycles. The number of aromatic carboxylic acids is 1. The van der Waals surface area contributed by atoms with E-state index in [1.54, 1.807) is 6.07 Å². The average molecular weight is 279 g/mol. The Morgan fingerprint density at radius 2 is 2.20 bits per heavy atom. The maximum absolute atomic E-state index is 11.3. The predicted octanol–water partition coefficient (Wildman–Crippen LogP) is -0.147.